The van der Waals surface area contributed by atoms with Crippen molar-refractivity contribution in [2.75, 3.05) is 6.54 Å². The Hall–Kier alpha value is -1.54. The summed E-state index contributed by atoms with van der Waals surface area (Å²) < 4.78 is 0. The Labute approximate surface area is 149 Å². The predicted molar refractivity (Wildman–Crippen MR) is 97.4 cm³/mol. The Morgan fingerprint density at radius 3 is 2.79 bits per heavy atom. The maximum absolute atomic E-state index is 13.3. The molecular weight excluding hydrogens is 318 g/mol. The summed E-state index contributed by atoms with van der Waals surface area (Å²) in [4.78, 5) is 15.3. The number of nitrogens with zero attached hydrogens (tertiary/aromatic N) is 1. The smallest absolute Gasteiger partial charge is 0.231 e. The highest BCUT2D eigenvalue weighted by molar-refractivity contribution is 6.30. The maximum atomic E-state index is 13.3. The molecule has 1 saturated heterocycles. The van der Waals surface area contributed by atoms with E-state index in [-0.39, 0.29) is 17.2 Å². The average molecular weight is 342 g/mol. The van der Waals surface area contributed by atoms with Crippen LogP contribution in [0.25, 0.3) is 0 Å². The van der Waals surface area contributed by atoms with E-state index in [1.54, 1.807) is 0 Å². The highest BCUT2D eigenvalue weighted by Crippen LogP contribution is 2.56. The predicted octanol–water partition coefficient (Wildman–Crippen LogP) is 4.90. The number of hydrogen-bond acceptors (Lipinski definition) is 1. The first-order valence-electron chi connectivity index (χ1n) is 8.91. The number of fused-ring (bicyclic) bond motifs is 3. The zero-order valence-electron chi connectivity index (χ0n) is 14.4. The Balaban J connectivity index is 1.69. The van der Waals surface area contributed by atoms with E-state index >= 15 is 0 Å². The summed E-state index contributed by atoms with van der Waals surface area (Å²) in [6.45, 7) is 6.13. The molecular formula is C21H24ClNO. The molecule has 0 radical (unpaired) electrons. The zero-order chi connectivity index (χ0) is 16.9. The van der Waals surface area contributed by atoms with Crippen molar-refractivity contribution >= 4 is 17.5 Å². The van der Waals surface area contributed by atoms with Gasteiger partial charge in [0, 0.05) is 23.5 Å². The molecule has 1 amide bonds. The van der Waals surface area contributed by atoms with Gasteiger partial charge in [0.25, 0.3) is 0 Å². The minimum atomic E-state index is -0.0194. The van der Waals surface area contributed by atoms with E-state index in [2.05, 4.69) is 37.0 Å². The molecule has 0 spiro atoms. The van der Waals surface area contributed by atoms with Gasteiger partial charge in [-0.25, -0.2) is 0 Å². The first-order chi connectivity index (χ1) is 11.5. The Kier molecular flexibility index (Phi) is 3.84. The van der Waals surface area contributed by atoms with Gasteiger partial charge >= 0.3 is 0 Å². The summed E-state index contributed by atoms with van der Waals surface area (Å²) >= 11 is 6.52. The maximum Gasteiger partial charge on any atom is 0.231 e. The van der Waals surface area contributed by atoms with Crippen LogP contribution < -0.4 is 0 Å². The summed E-state index contributed by atoms with van der Waals surface area (Å²) in [5, 5.41) is 0.982. The molecule has 3 heteroatoms. The quantitative estimate of drug-likeness (QED) is 0.748. The van der Waals surface area contributed by atoms with Crippen LogP contribution in [0.4, 0.5) is 0 Å². The molecule has 4 rings (SSSR count). The topological polar surface area (TPSA) is 20.3 Å². The molecule has 1 aromatic carbocycles. The molecule has 0 aromatic heterocycles. The van der Waals surface area contributed by atoms with Crippen molar-refractivity contribution in [1.82, 2.24) is 4.90 Å². The number of hydrogen-bond donors (Lipinski definition) is 0. The van der Waals surface area contributed by atoms with Crippen molar-refractivity contribution in [2.24, 2.45) is 17.3 Å². The summed E-state index contributed by atoms with van der Waals surface area (Å²) in [6, 6.07) is 10.3. The Bertz CT molecular complexity index is 735. The number of allylic oxidation sites excluding steroid dienone is 3. The lowest BCUT2D eigenvalue weighted by atomic mass is 9.59. The molecule has 2 nitrogen and oxygen atoms in total. The van der Waals surface area contributed by atoms with Gasteiger partial charge in [-0.05, 0) is 41.9 Å². The van der Waals surface area contributed by atoms with E-state index in [0.717, 1.165) is 30.8 Å². The first kappa shape index (κ1) is 16.0. The van der Waals surface area contributed by atoms with E-state index in [4.69, 9.17) is 11.6 Å². The van der Waals surface area contributed by atoms with Gasteiger partial charge in [-0.3, -0.25) is 4.79 Å². The van der Waals surface area contributed by atoms with Crippen molar-refractivity contribution in [1.29, 1.82) is 0 Å². The Morgan fingerprint density at radius 1 is 1.29 bits per heavy atom. The lowest BCUT2D eigenvalue weighted by Gasteiger charge is -2.43. The van der Waals surface area contributed by atoms with Gasteiger partial charge in [-0.1, -0.05) is 61.9 Å². The van der Waals surface area contributed by atoms with Gasteiger partial charge in [0.2, 0.25) is 5.91 Å². The van der Waals surface area contributed by atoms with Gasteiger partial charge in [-0.15, -0.1) is 0 Å². The molecule has 24 heavy (non-hydrogen) atoms. The van der Waals surface area contributed by atoms with E-state index in [0.29, 0.717) is 12.5 Å². The molecule has 126 valence electrons. The highest BCUT2D eigenvalue weighted by atomic mass is 35.5. The highest BCUT2D eigenvalue weighted by Gasteiger charge is 2.56. The lowest BCUT2D eigenvalue weighted by molar-refractivity contribution is -0.131. The van der Waals surface area contributed by atoms with E-state index < -0.39 is 0 Å². The standard InChI is InChI=1S/C21H24ClNO/c1-14-11-17-16(9-6-10-18(17)22)19-20(24)23(13-21(14,19)2)12-15-7-4-3-5-8-15/h3-5,7-9,14,19H,6,10-13H2,1-2H3/t14-,19-,21+/m0/s1. The average Bonchev–Trinajstić information content (AvgIpc) is 2.82. The summed E-state index contributed by atoms with van der Waals surface area (Å²) in [5.41, 5.74) is 3.70. The fraction of sp³-hybridized carbons (Fsp3) is 0.476. The van der Waals surface area contributed by atoms with Crippen molar-refractivity contribution in [2.45, 2.75) is 39.7 Å². The van der Waals surface area contributed by atoms with Crippen molar-refractivity contribution < 1.29 is 4.79 Å². The third-order valence-corrected chi connectivity index (χ3v) is 6.73. The van der Waals surface area contributed by atoms with Crippen LogP contribution in [0.1, 0.15) is 38.7 Å². The van der Waals surface area contributed by atoms with Crippen LogP contribution in [0.3, 0.4) is 0 Å². The minimum Gasteiger partial charge on any atom is -0.337 e. The SMILES string of the molecule is C[C@H]1CC2=C(Cl)CCC=C2[C@H]2C(=O)N(Cc3ccccc3)C[C@@]21C. The number of likely N-dealkylation sites (tertiary alicyclic amines) is 1. The normalized spacial score (nSPS) is 32.5. The molecule has 1 saturated carbocycles. The van der Waals surface area contributed by atoms with Gasteiger partial charge < -0.3 is 4.90 Å². The third kappa shape index (κ3) is 2.35. The molecule has 2 fully saturated rings. The summed E-state index contributed by atoms with van der Waals surface area (Å²) in [7, 11) is 0. The molecule has 1 heterocycles. The molecule has 1 aliphatic heterocycles. The van der Waals surface area contributed by atoms with Crippen LogP contribution in [-0.4, -0.2) is 17.4 Å². The van der Waals surface area contributed by atoms with Crippen LogP contribution in [0.5, 0.6) is 0 Å². The van der Waals surface area contributed by atoms with Gasteiger partial charge in [-0.2, -0.15) is 0 Å². The van der Waals surface area contributed by atoms with E-state index in [1.165, 1.54) is 16.7 Å². The zero-order valence-corrected chi connectivity index (χ0v) is 15.1. The van der Waals surface area contributed by atoms with Gasteiger partial charge in [0.05, 0.1) is 5.92 Å². The molecule has 0 bridgehead atoms. The van der Waals surface area contributed by atoms with Crippen LogP contribution in [0.2, 0.25) is 0 Å². The second-order valence-corrected chi connectivity index (χ2v) is 8.26. The number of amides is 1. The van der Waals surface area contributed by atoms with Crippen LogP contribution >= 0.6 is 11.6 Å². The van der Waals surface area contributed by atoms with Crippen molar-refractivity contribution in [3.8, 4) is 0 Å². The molecule has 0 N–H and O–H groups in total. The monoisotopic (exact) mass is 341 g/mol. The number of halogens is 1. The minimum absolute atomic E-state index is 0.00963. The Morgan fingerprint density at radius 2 is 2.04 bits per heavy atom. The number of carbonyl (C=O) groups excluding carboxylic acids is 1. The van der Waals surface area contributed by atoms with Gasteiger partial charge in [0.1, 0.15) is 0 Å². The number of carbonyl (C=O) groups is 1. The van der Waals surface area contributed by atoms with E-state index in [1.807, 2.05) is 18.2 Å². The largest absolute Gasteiger partial charge is 0.337 e. The lowest BCUT2D eigenvalue weighted by Crippen LogP contribution is -2.40. The molecule has 2 aliphatic carbocycles. The summed E-state index contributed by atoms with van der Waals surface area (Å²) in [6.07, 6.45) is 5.17. The van der Waals surface area contributed by atoms with Crippen LogP contribution in [0, 0.1) is 17.3 Å². The first-order valence-corrected chi connectivity index (χ1v) is 9.29. The van der Waals surface area contributed by atoms with Crippen molar-refractivity contribution in [3.63, 3.8) is 0 Å². The molecule has 0 unspecified atom stereocenters. The van der Waals surface area contributed by atoms with E-state index in [9.17, 15) is 4.79 Å². The van der Waals surface area contributed by atoms with Crippen molar-refractivity contribution in [3.05, 3.63) is 58.1 Å². The fourth-order valence-electron chi connectivity index (χ4n) is 4.76. The third-order valence-electron chi connectivity index (χ3n) is 6.32. The fourth-order valence-corrected chi connectivity index (χ4v) is 5.05. The molecule has 3 atom stereocenters. The number of rotatable bonds is 2. The van der Waals surface area contributed by atoms with Crippen LogP contribution in [0.15, 0.2) is 52.6 Å². The molecule has 1 aromatic rings. The summed E-state index contributed by atoms with van der Waals surface area (Å²) in [5.74, 6) is 0.725. The second kappa shape index (κ2) is 5.77. The number of benzene rings is 1. The van der Waals surface area contributed by atoms with Gasteiger partial charge in [0.15, 0.2) is 0 Å². The van der Waals surface area contributed by atoms with Crippen LogP contribution in [-0.2, 0) is 11.3 Å². The second-order valence-electron chi connectivity index (χ2n) is 7.81. The molecule has 3 aliphatic rings.